The van der Waals surface area contributed by atoms with Gasteiger partial charge in [-0.25, -0.2) is 9.97 Å². The predicted molar refractivity (Wildman–Crippen MR) is 131 cm³/mol. The van der Waals surface area contributed by atoms with E-state index >= 15 is 0 Å². The number of pyridine rings is 1. The van der Waals surface area contributed by atoms with Gasteiger partial charge in [-0.3, -0.25) is 4.98 Å². The Kier molecular flexibility index (Phi) is 5.83. The predicted octanol–water partition coefficient (Wildman–Crippen LogP) is 6.87. The lowest BCUT2D eigenvalue weighted by molar-refractivity contribution is 0.328. The first kappa shape index (κ1) is 20.9. The lowest BCUT2D eigenvalue weighted by Gasteiger charge is -2.28. The third-order valence-corrected chi connectivity index (χ3v) is 7.36. The topological polar surface area (TPSA) is 75.7 Å². The van der Waals surface area contributed by atoms with Crippen molar-refractivity contribution in [2.45, 2.75) is 58.9 Å². The highest BCUT2D eigenvalue weighted by atomic mass is 32.1. The Morgan fingerprint density at radius 3 is 2.66 bits per heavy atom. The van der Waals surface area contributed by atoms with E-state index in [1.54, 1.807) is 17.5 Å². The fraction of sp³-hybridized carbons (Fsp3) is 0.400. The zero-order valence-corrected chi connectivity index (χ0v) is 19.6. The molecule has 3 aromatic heterocycles. The number of ether oxygens (including phenoxy) is 1. The van der Waals surface area contributed by atoms with Gasteiger partial charge in [0.05, 0.1) is 15.9 Å². The molecule has 166 valence electrons. The van der Waals surface area contributed by atoms with Gasteiger partial charge < -0.3 is 15.0 Å². The summed E-state index contributed by atoms with van der Waals surface area (Å²) in [4.78, 5) is 17.0. The van der Waals surface area contributed by atoms with Gasteiger partial charge in [0.15, 0.2) is 11.0 Å². The summed E-state index contributed by atoms with van der Waals surface area (Å²) < 4.78 is 7.27. The number of imidazole rings is 1. The monoisotopic (exact) mass is 447 g/mol. The molecule has 1 aliphatic carbocycles. The van der Waals surface area contributed by atoms with E-state index in [0.29, 0.717) is 6.04 Å². The van der Waals surface area contributed by atoms with E-state index in [2.05, 4.69) is 33.3 Å². The third kappa shape index (κ3) is 4.48. The molecule has 0 aliphatic heterocycles. The Labute approximate surface area is 192 Å². The lowest BCUT2D eigenvalue weighted by Crippen LogP contribution is -2.27. The Morgan fingerprint density at radius 1 is 1.06 bits per heavy atom. The van der Waals surface area contributed by atoms with Crippen LogP contribution in [0.3, 0.4) is 0 Å². The number of H-pyrrole nitrogens is 1. The van der Waals surface area contributed by atoms with E-state index in [1.165, 1.54) is 32.1 Å². The molecular weight excluding hydrogens is 418 g/mol. The van der Waals surface area contributed by atoms with Crippen LogP contribution in [-0.4, -0.2) is 26.0 Å². The second kappa shape index (κ2) is 8.90. The molecule has 0 radical (unpaired) electrons. The molecule has 0 amide bonds. The number of hydrogen-bond acceptors (Lipinski definition) is 6. The largest absolute Gasteiger partial charge is 0.457 e. The maximum absolute atomic E-state index is 6.15. The number of fused-ring (bicyclic) bond motifs is 1. The molecular formula is C25H29N5OS. The van der Waals surface area contributed by atoms with E-state index in [9.17, 15) is 0 Å². The molecule has 2 N–H and O–H groups in total. The molecule has 0 unspecified atom stereocenters. The second-order valence-electron chi connectivity index (χ2n) is 8.75. The number of aromatic nitrogens is 4. The molecule has 1 aromatic carbocycles. The Hall–Kier alpha value is -2.93. The smallest absolute Gasteiger partial charge is 0.184 e. The van der Waals surface area contributed by atoms with Crippen LogP contribution in [0.1, 0.15) is 50.4 Å². The summed E-state index contributed by atoms with van der Waals surface area (Å²) in [6, 6.07) is 10.3. The van der Waals surface area contributed by atoms with Crippen molar-refractivity contribution in [3.8, 4) is 23.0 Å². The van der Waals surface area contributed by atoms with Gasteiger partial charge in [0, 0.05) is 30.1 Å². The number of thiazole rings is 1. The van der Waals surface area contributed by atoms with Crippen molar-refractivity contribution in [2.75, 3.05) is 5.32 Å². The van der Waals surface area contributed by atoms with E-state index in [4.69, 9.17) is 9.72 Å². The highest BCUT2D eigenvalue weighted by molar-refractivity contribution is 7.22. The molecule has 4 aromatic rings. The lowest BCUT2D eigenvalue weighted by atomic mass is 9.85. The Bertz CT molecular complexity index is 1200. The molecule has 7 heteroatoms. The molecule has 0 bridgehead atoms. The number of benzene rings is 1. The first-order valence-corrected chi connectivity index (χ1v) is 12.2. The van der Waals surface area contributed by atoms with Crippen LogP contribution in [0.4, 0.5) is 5.13 Å². The molecule has 32 heavy (non-hydrogen) atoms. The molecule has 0 saturated heterocycles. The number of rotatable bonds is 6. The summed E-state index contributed by atoms with van der Waals surface area (Å²) in [7, 11) is 0. The molecule has 1 aliphatic rings. The van der Waals surface area contributed by atoms with E-state index in [1.807, 2.05) is 38.1 Å². The molecule has 0 spiro atoms. The van der Waals surface area contributed by atoms with Crippen LogP contribution in [-0.2, 0) is 0 Å². The normalized spacial score (nSPS) is 15.7. The van der Waals surface area contributed by atoms with Crippen LogP contribution in [0.15, 0.2) is 36.5 Å². The summed E-state index contributed by atoms with van der Waals surface area (Å²) in [5, 5.41) is 4.64. The number of nitrogens with zero attached hydrogens (tertiary/aromatic N) is 3. The van der Waals surface area contributed by atoms with E-state index in [-0.39, 0.29) is 0 Å². The van der Waals surface area contributed by atoms with Crippen LogP contribution in [0, 0.1) is 19.8 Å². The number of anilines is 1. The van der Waals surface area contributed by atoms with Crippen molar-refractivity contribution in [1.29, 1.82) is 0 Å². The van der Waals surface area contributed by atoms with Crippen molar-refractivity contribution in [2.24, 2.45) is 5.92 Å². The third-order valence-electron chi connectivity index (χ3n) is 6.41. The van der Waals surface area contributed by atoms with Gasteiger partial charge in [-0.15, -0.1) is 0 Å². The van der Waals surface area contributed by atoms with Crippen LogP contribution in [0.5, 0.6) is 11.5 Å². The van der Waals surface area contributed by atoms with Gasteiger partial charge in [-0.2, -0.15) is 0 Å². The minimum Gasteiger partial charge on any atom is -0.457 e. The van der Waals surface area contributed by atoms with Gasteiger partial charge in [-0.05, 0) is 57.7 Å². The van der Waals surface area contributed by atoms with Crippen molar-refractivity contribution >= 4 is 26.7 Å². The van der Waals surface area contributed by atoms with E-state index < -0.39 is 0 Å². The van der Waals surface area contributed by atoms with Crippen molar-refractivity contribution < 1.29 is 4.74 Å². The Morgan fingerprint density at radius 2 is 1.88 bits per heavy atom. The fourth-order valence-corrected chi connectivity index (χ4v) is 5.38. The first-order valence-electron chi connectivity index (χ1n) is 11.4. The van der Waals surface area contributed by atoms with Crippen molar-refractivity contribution in [3.63, 3.8) is 0 Å². The van der Waals surface area contributed by atoms with Crippen LogP contribution < -0.4 is 10.1 Å². The van der Waals surface area contributed by atoms with Gasteiger partial charge >= 0.3 is 0 Å². The summed E-state index contributed by atoms with van der Waals surface area (Å²) in [6.45, 7) is 6.29. The maximum Gasteiger partial charge on any atom is 0.184 e. The number of hydrogen-bond donors (Lipinski definition) is 2. The van der Waals surface area contributed by atoms with Crippen LogP contribution in [0.2, 0.25) is 0 Å². The molecule has 1 saturated carbocycles. The Balaban J connectivity index is 1.31. The van der Waals surface area contributed by atoms with Gasteiger partial charge in [0.1, 0.15) is 17.2 Å². The zero-order chi connectivity index (χ0) is 22.1. The summed E-state index contributed by atoms with van der Waals surface area (Å²) in [6.07, 6.45) is 8.48. The highest BCUT2D eigenvalue weighted by Gasteiger charge is 2.21. The average molecular weight is 448 g/mol. The van der Waals surface area contributed by atoms with Crippen molar-refractivity contribution in [1.82, 2.24) is 19.9 Å². The summed E-state index contributed by atoms with van der Waals surface area (Å²) in [5.41, 5.74) is 3.79. The standard InChI is InChI=1S/C25H29N5OS/c1-15-16(2)28-24(27-15)22-13-20(11-12-26-22)31-19-9-10-21-23(14-19)32-25(30-21)29-17(3)18-7-5-4-6-8-18/h9-14,17-18H,4-8H2,1-3H3,(H,27,28)(H,29,30)/t17-/m0/s1. The number of nitrogens with one attached hydrogen (secondary N) is 2. The van der Waals surface area contributed by atoms with Gasteiger partial charge in [0.2, 0.25) is 0 Å². The second-order valence-corrected chi connectivity index (χ2v) is 9.78. The minimum absolute atomic E-state index is 0.454. The summed E-state index contributed by atoms with van der Waals surface area (Å²) >= 11 is 1.69. The quantitative estimate of drug-likeness (QED) is 0.337. The van der Waals surface area contributed by atoms with Crippen molar-refractivity contribution in [3.05, 3.63) is 47.9 Å². The van der Waals surface area contributed by atoms with Crippen LogP contribution in [0.25, 0.3) is 21.7 Å². The molecule has 1 atom stereocenters. The van der Waals surface area contributed by atoms with Gasteiger partial charge in [-0.1, -0.05) is 30.6 Å². The number of aromatic amines is 1. The average Bonchev–Trinajstić information content (AvgIpc) is 3.36. The number of aryl methyl sites for hydroxylation is 2. The molecule has 1 fully saturated rings. The fourth-order valence-electron chi connectivity index (χ4n) is 4.39. The highest BCUT2D eigenvalue weighted by Crippen LogP contribution is 2.34. The molecule has 6 nitrogen and oxygen atoms in total. The molecule has 3 heterocycles. The maximum atomic E-state index is 6.15. The molecule has 5 rings (SSSR count). The van der Waals surface area contributed by atoms with Gasteiger partial charge in [0.25, 0.3) is 0 Å². The zero-order valence-electron chi connectivity index (χ0n) is 18.8. The first-order chi connectivity index (χ1) is 15.5. The summed E-state index contributed by atoms with van der Waals surface area (Å²) in [5.74, 6) is 3.02. The van der Waals surface area contributed by atoms with Crippen LogP contribution >= 0.6 is 11.3 Å². The minimum atomic E-state index is 0.454. The SMILES string of the molecule is Cc1nc(-c2cc(Oc3ccc4nc(N[C@@H](C)C5CCCCC5)sc4c3)ccn2)[nH]c1C. The van der Waals surface area contributed by atoms with E-state index in [0.717, 1.165) is 55.7 Å².